The van der Waals surface area contributed by atoms with Gasteiger partial charge in [-0.3, -0.25) is 0 Å². The zero-order valence-corrected chi connectivity index (χ0v) is 17.7. The van der Waals surface area contributed by atoms with Gasteiger partial charge in [0.15, 0.2) is 5.11 Å². The van der Waals surface area contributed by atoms with Crippen LogP contribution in [-0.2, 0) is 0 Å². The van der Waals surface area contributed by atoms with Crippen molar-refractivity contribution >= 4 is 67.0 Å². The molecule has 3 N–H and O–H groups in total. The molecular weight excluding hydrogens is 472 g/mol. The maximum Gasteiger partial charge on any atom is 0.175 e. The van der Waals surface area contributed by atoms with E-state index in [0.717, 1.165) is 39.3 Å². The SMILES string of the molecule is Fc1cc(F)cc(NC(=S)Nc2ccc3ncnc(Nc4cccc(Br)c4)c3c2)c1. The number of benzene rings is 3. The Balaban J connectivity index is 1.57. The molecule has 0 fully saturated rings. The molecule has 4 aromatic rings. The summed E-state index contributed by atoms with van der Waals surface area (Å²) in [5.41, 5.74) is 2.50. The van der Waals surface area contributed by atoms with E-state index in [9.17, 15) is 8.78 Å². The number of hydrogen-bond donors (Lipinski definition) is 3. The van der Waals surface area contributed by atoms with E-state index in [1.807, 2.05) is 36.4 Å². The monoisotopic (exact) mass is 485 g/mol. The van der Waals surface area contributed by atoms with Crippen LogP contribution < -0.4 is 16.0 Å². The number of aromatic nitrogens is 2. The van der Waals surface area contributed by atoms with E-state index in [1.54, 1.807) is 6.07 Å². The predicted molar refractivity (Wildman–Crippen MR) is 123 cm³/mol. The lowest BCUT2D eigenvalue weighted by Crippen LogP contribution is -2.19. The quantitative estimate of drug-likeness (QED) is 0.298. The molecule has 0 amide bonds. The van der Waals surface area contributed by atoms with E-state index < -0.39 is 11.6 Å². The molecule has 0 radical (unpaired) electrons. The molecule has 0 aliphatic rings. The largest absolute Gasteiger partial charge is 0.340 e. The van der Waals surface area contributed by atoms with Gasteiger partial charge in [-0.15, -0.1) is 0 Å². The van der Waals surface area contributed by atoms with Crippen molar-refractivity contribution in [2.75, 3.05) is 16.0 Å². The topological polar surface area (TPSA) is 61.9 Å². The van der Waals surface area contributed by atoms with Crippen LogP contribution in [0.1, 0.15) is 0 Å². The number of hydrogen-bond acceptors (Lipinski definition) is 4. The number of fused-ring (bicyclic) bond motifs is 1. The third-order valence-electron chi connectivity index (χ3n) is 4.10. The summed E-state index contributed by atoms with van der Waals surface area (Å²) in [4.78, 5) is 8.63. The first kappa shape index (κ1) is 20.1. The van der Waals surface area contributed by atoms with Crippen molar-refractivity contribution < 1.29 is 8.78 Å². The smallest absolute Gasteiger partial charge is 0.175 e. The first-order valence-electron chi connectivity index (χ1n) is 8.78. The second-order valence-electron chi connectivity index (χ2n) is 6.33. The zero-order valence-electron chi connectivity index (χ0n) is 15.3. The first-order chi connectivity index (χ1) is 14.5. The summed E-state index contributed by atoms with van der Waals surface area (Å²) in [7, 11) is 0. The minimum Gasteiger partial charge on any atom is -0.340 e. The van der Waals surface area contributed by atoms with Crippen molar-refractivity contribution in [3.63, 3.8) is 0 Å². The summed E-state index contributed by atoms with van der Waals surface area (Å²) in [6.45, 7) is 0. The molecule has 0 aliphatic heterocycles. The standard InChI is InChI=1S/C21H14BrF2N5S/c22-12-2-1-3-15(6-12)27-20-18-10-16(4-5-19(18)25-11-26-20)28-21(30)29-17-8-13(23)7-14(24)9-17/h1-11H,(H,25,26,27)(H2,28,29,30). The molecule has 0 saturated heterocycles. The summed E-state index contributed by atoms with van der Waals surface area (Å²) in [5.74, 6) is -0.745. The first-order valence-corrected chi connectivity index (χ1v) is 9.98. The van der Waals surface area contributed by atoms with Crippen molar-refractivity contribution in [1.82, 2.24) is 9.97 Å². The highest BCUT2D eigenvalue weighted by Gasteiger charge is 2.08. The Bertz CT molecular complexity index is 1230. The number of halogens is 3. The molecule has 9 heteroatoms. The molecule has 30 heavy (non-hydrogen) atoms. The van der Waals surface area contributed by atoms with Crippen molar-refractivity contribution in [3.05, 3.63) is 83.1 Å². The molecular formula is C21H14BrF2N5S. The highest BCUT2D eigenvalue weighted by atomic mass is 79.9. The van der Waals surface area contributed by atoms with E-state index in [1.165, 1.54) is 6.33 Å². The molecule has 4 rings (SSSR count). The Morgan fingerprint density at radius 2 is 1.60 bits per heavy atom. The fourth-order valence-electron chi connectivity index (χ4n) is 2.86. The Morgan fingerprint density at radius 1 is 0.833 bits per heavy atom. The van der Waals surface area contributed by atoms with Crippen LogP contribution in [-0.4, -0.2) is 15.1 Å². The Morgan fingerprint density at radius 3 is 2.37 bits per heavy atom. The summed E-state index contributed by atoms with van der Waals surface area (Å²) in [5, 5.41) is 10.0. The van der Waals surface area contributed by atoms with Crippen LogP contribution in [0.4, 0.5) is 31.7 Å². The van der Waals surface area contributed by atoms with Gasteiger partial charge in [0.1, 0.15) is 23.8 Å². The lowest BCUT2D eigenvalue weighted by Gasteiger charge is -2.13. The number of thiocarbonyl (C=S) groups is 1. The number of nitrogens with one attached hydrogen (secondary N) is 3. The molecule has 150 valence electrons. The van der Waals surface area contributed by atoms with Gasteiger partial charge in [0, 0.05) is 33.0 Å². The van der Waals surface area contributed by atoms with E-state index >= 15 is 0 Å². The maximum atomic E-state index is 13.4. The molecule has 0 saturated carbocycles. The Kier molecular flexibility index (Phi) is 5.82. The van der Waals surface area contributed by atoms with Crippen molar-refractivity contribution in [3.8, 4) is 0 Å². The van der Waals surface area contributed by atoms with Gasteiger partial charge in [0.2, 0.25) is 0 Å². The maximum absolute atomic E-state index is 13.4. The molecule has 3 aromatic carbocycles. The van der Waals surface area contributed by atoms with Crippen LogP contribution in [0, 0.1) is 11.6 Å². The summed E-state index contributed by atoms with van der Waals surface area (Å²) < 4.78 is 27.7. The molecule has 1 aromatic heterocycles. The minimum atomic E-state index is -0.689. The van der Waals surface area contributed by atoms with Crippen LogP contribution in [0.15, 0.2) is 71.5 Å². The summed E-state index contributed by atoms with van der Waals surface area (Å²) >= 11 is 8.71. The van der Waals surface area contributed by atoms with Crippen LogP contribution >= 0.6 is 28.1 Å². The fraction of sp³-hybridized carbons (Fsp3) is 0. The number of anilines is 4. The summed E-state index contributed by atoms with van der Waals surface area (Å²) in [6, 6.07) is 16.3. The van der Waals surface area contributed by atoms with E-state index in [0.29, 0.717) is 11.5 Å². The molecule has 0 bridgehead atoms. The molecule has 1 heterocycles. The number of rotatable bonds is 4. The Labute approximate surface area is 184 Å². The molecule has 5 nitrogen and oxygen atoms in total. The van der Waals surface area contributed by atoms with Gasteiger partial charge in [-0.25, -0.2) is 18.7 Å². The Hall–Kier alpha value is -3.17. The van der Waals surface area contributed by atoms with Gasteiger partial charge in [0.05, 0.1) is 5.52 Å². The van der Waals surface area contributed by atoms with Crippen LogP contribution in [0.5, 0.6) is 0 Å². The van der Waals surface area contributed by atoms with E-state index in [4.69, 9.17) is 12.2 Å². The van der Waals surface area contributed by atoms with E-state index in [2.05, 4.69) is 41.8 Å². The van der Waals surface area contributed by atoms with Crippen LogP contribution in [0.25, 0.3) is 10.9 Å². The highest BCUT2D eigenvalue weighted by Crippen LogP contribution is 2.27. The minimum absolute atomic E-state index is 0.192. The fourth-order valence-corrected chi connectivity index (χ4v) is 3.49. The lowest BCUT2D eigenvalue weighted by molar-refractivity contribution is 0.584. The molecule has 0 unspecified atom stereocenters. The van der Waals surface area contributed by atoms with Crippen LogP contribution in [0.2, 0.25) is 0 Å². The second-order valence-corrected chi connectivity index (χ2v) is 7.65. The molecule has 0 aliphatic carbocycles. The van der Waals surface area contributed by atoms with E-state index in [-0.39, 0.29) is 10.8 Å². The van der Waals surface area contributed by atoms with Gasteiger partial charge in [0.25, 0.3) is 0 Å². The van der Waals surface area contributed by atoms with Gasteiger partial charge in [-0.05, 0) is 60.7 Å². The van der Waals surface area contributed by atoms with Gasteiger partial charge in [-0.1, -0.05) is 22.0 Å². The molecule has 0 spiro atoms. The third kappa shape index (κ3) is 4.87. The predicted octanol–water partition coefficient (Wildman–Crippen LogP) is 6.22. The normalized spacial score (nSPS) is 10.6. The van der Waals surface area contributed by atoms with Crippen molar-refractivity contribution in [2.24, 2.45) is 0 Å². The third-order valence-corrected chi connectivity index (χ3v) is 4.80. The highest BCUT2D eigenvalue weighted by molar-refractivity contribution is 9.10. The number of nitrogens with zero attached hydrogens (tertiary/aromatic N) is 2. The average molecular weight is 486 g/mol. The van der Waals surface area contributed by atoms with Crippen molar-refractivity contribution in [1.29, 1.82) is 0 Å². The molecule has 0 atom stereocenters. The van der Waals surface area contributed by atoms with Gasteiger partial charge in [-0.2, -0.15) is 0 Å². The lowest BCUT2D eigenvalue weighted by atomic mass is 10.2. The van der Waals surface area contributed by atoms with Crippen LogP contribution in [0.3, 0.4) is 0 Å². The summed E-state index contributed by atoms with van der Waals surface area (Å²) in [6.07, 6.45) is 1.49. The second kappa shape index (κ2) is 8.68. The van der Waals surface area contributed by atoms with Gasteiger partial charge >= 0.3 is 0 Å². The van der Waals surface area contributed by atoms with Gasteiger partial charge < -0.3 is 16.0 Å². The van der Waals surface area contributed by atoms with Crippen molar-refractivity contribution in [2.45, 2.75) is 0 Å². The zero-order chi connectivity index (χ0) is 21.1. The average Bonchev–Trinajstić information content (AvgIpc) is 2.67.